The molecule has 2 aromatic carbocycles. The van der Waals surface area contributed by atoms with Gasteiger partial charge in [-0.15, -0.1) is 0 Å². The number of amides is 1. The molecule has 156 valence electrons. The van der Waals surface area contributed by atoms with Gasteiger partial charge >= 0.3 is 5.97 Å². The van der Waals surface area contributed by atoms with Gasteiger partial charge in [0.25, 0.3) is 5.91 Å². The molecule has 3 rings (SSSR count). The number of carbonyl (C=O) groups excluding carboxylic acids is 2. The third kappa shape index (κ3) is 5.05. The molecule has 30 heavy (non-hydrogen) atoms. The molecule has 2 aromatic rings. The summed E-state index contributed by atoms with van der Waals surface area (Å²) < 4.78 is 16.5. The number of ether oxygens (including phenoxy) is 3. The van der Waals surface area contributed by atoms with Crippen LogP contribution in [0, 0.1) is 6.92 Å². The van der Waals surface area contributed by atoms with E-state index in [1.165, 1.54) is 4.90 Å². The average Bonchev–Trinajstić information content (AvgIpc) is 3.07. The fourth-order valence-corrected chi connectivity index (χ4v) is 2.74. The maximum atomic E-state index is 12.3. The second-order valence-corrected chi connectivity index (χ2v) is 6.92. The molecule has 0 radical (unpaired) electrons. The lowest BCUT2D eigenvalue weighted by atomic mass is 10.1. The normalized spacial score (nSPS) is 14.3. The van der Waals surface area contributed by atoms with Crippen molar-refractivity contribution in [2.75, 3.05) is 27.3 Å². The number of likely N-dealkylation sites (N-methyl/N-ethyl adjacent to an activating group) is 1. The van der Waals surface area contributed by atoms with Gasteiger partial charge in [0.1, 0.15) is 0 Å². The summed E-state index contributed by atoms with van der Waals surface area (Å²) in [6.07, 6.45) is 1.63. The monoisotopic (exact) mass is 408 g/mol. The Bertz CT molecular complexity index is 1020. The summed E-state index contributed by atoms with van der Waals surface area (Å²) in [4.78, 5) is 29.8. The SMILES string of the molecule is CCOc1cc(/C=C2\N=C(c3cccc(C)c3)OC2=O)ccc1OCC(=O)N(C)C. The van der Waals surface area contributed by atoms with Crippen LogP contribution in [0.5, 0.6) is 11.5 Å². The summed E-state index contributed by atoms with van der Waals surface area (Å²) in [5.41, 5.74) is 2.70. The van der Waals surface area contributed by atoms with E-state index in [0.29, 0.717) is 23.7 Å². The minimum absolute atomic E-state index is 0.0933. The van der Waals surface area contributed by atoms with Gasteiger partial charge in [-0.25, -0.2) is 9.79 Å². The van der Waals surface area contributed by atoms with Crippen LogP contribution in [0.2, 0.25) is 0 Å². The number of cyclic esters (lactones) is 1. The van der Waals surface area contributed by atoms with Crippen LogP contribution < -0.4 is 9.47 Å². The van der Waals surface area contributed by atoms with Gasteiger partial charge in [-0.05, 0) is 49.8 Å². The molecule has 0 spiro atoms. The number of hydrogen-bond acceptors (Lipinski definition) is 6. The zero-order valence-corrected chi connectivity index (χ0v) is 17.5. The van der Waals surface area contributed by atoms with Gasteiger partial charge in [-0.2, -0.15) is 0 Å². The molecule has 1 aliphatic heterocycles. The largest absolute Gasteiger partial charge is 0.490 e. The van der Waals surface area contributed by atoms with Crippen LogP contribution in [-0.4, -0.2) is 50.0 Å². The van der Waals surface area contributed by atoms with Crippen LogP contribution in [-0.2, 0) is 14.3 Å². The van der Waals surface area contributed by atoms with E-state index in [-0.39, 0.29) is 24.1 Å². The minimum Gasteiger partial charge on any atom is -0.490 e. The minimum atomic E-state index is -0.513. The molecule has 1 amide bonds. The average molecular weight is 408 g/mol. The Kier molecular flexibility index (Phi) is 6.51. The van der Waals surface area contributed by atoms with E-state index in [2.05, 4.69) is 4.99 Å². The highest BCUT2D eigenvalue weighted by atomic mass is 16.6. The summed E-state index contributed by atoms with van der Waals surface area (Å²) >= 11 is 0. The first-order valence-electron chi connectivity index (χ1n) is 9.56. The van der Waals surface area contributed by atoms with Gasteiger partial charge in [0.05, 0.1) is 6.61 Å². The molecule has 0 fully saturated rings. The number of esters is 1. The summed E-state index contributed by atoms with van der Waals surface area (Å²) in [5.74, 6) is 0.540. The Morgan fingerprint density at radius 2 is 1.93 bits per heavy atom. The van der Waals surface area contributed by atoms with Crippen LogP contribution in [0.25, 0.3) is 6.08 Å². The molecule has 0 N–H and O–H groups in total. The number of rotatable bonds is 7. The first kappa shape index (κ1) is 21.1. The lowest BCUT2D eigenvalue weighted by Crippen LogP contribution is -2.27. The number of aryl methyl sites for hydroxylation is 1. The molecule has 0 bridgehead atoms. The summed E-state index contributed by atoms with van der Waals surface area (Å²) in [7, 11) is 3.33. The van der Waals surface area contributed by atoms with Crippen molar-refractivity contribution in [1.29, 1.82) is 0 Å². The van der Waals surface area contributed by atoms with Crippen molar-refractivity contribution in [1.82, 2.24) is 4.90 Å². The predicted molar refractivity (Wildman–Crippen MR) is 114 cm³/mol. The van der Waals surface area contributed by atoms with E-state index < -0.39 is 5.97 Å². The number of hydrogen-bond donors (Lipinski definition) is 0. The van der Waals surface area contributed by atoms with Gasteiger partial charge in [0.15, 0.2) is 23.8 Å². The lowest BCUT2D eigenvalue weighted by Gasteiger charge is -2.14. The molecule has 7 nitrogen and oxygen atoms in total. The van der Waals surface area contributed by atoms with Crippen LogP contribution in [0.4, 0.5) is 0 Å². The highest BCUT2D eigenvalue weighted by Gasteiger charge is 2.24. The van der Waals surface area contributed by atoms with Crippen molar-refractivity contribution in [3.05, 3.63) is 64.9 Å². The van der Waals surface area contributed by atoms with Crippen molar-refractivity contribution >= 4 is 23.9 Å². The van der Waals surface area contributed by atoms with E-state index >= 15 is 0 Å². The van der Waals surface area contributed by atoms with Crippen LogP contribution in [0.15, 0.2) is 53.2 Å². The Balaban J connectivity index is 1.84. The molecule has 0 saturated carbocycles. The molecule has 0 unspecified atom stereocenters. The summed E-state index contributed by atoms with van der Waals surface area (Å²) in [6.45, 7) is 4.15. The number of benzene rings is 2. The number of aliphatic imine (C=N–C) groups is 1. The maximum absolute atomic E-state index is 12.3. The van der Waals surface area contributed by atoms with Gasteiger partial charge < -0.3 is 19.1 Å². The molecule has 0 aromatic heterocycles. The van der Waals surface area contributed by atoms with Gasteiger partial charge in [-0.1, -0.05) is 23.8 Å². The molecular weight excluding hydrogens is 384 g/mol. The lowest BCUT2D eigenvalue weighted by molar-refractivity contribution is -0.131. The fraction of sp³-hybridized carbons (Fsp3) is 0.261. The molecule has 0 aliphatic carbocycles. The molecule has 1 aliphatic rings. The van der Waals surface area contributed by atoms with Crippen molar-refractivity contribution in [3.8, 4) is 11.5 Å². The second-order valence-electron chi connectivity index (χ2n) is 6.92. The number of carbonyl (C=O) groups is 2. The Morgan fingerprint density at radius 3 is 2.63 bits per heavy atom. The van der Waals surface area contributed by atoms with Crippen molar-refractivity contribution < 1.29 is 23.8 Å². The Morgan fingerprint density at radius 1 is 1.13 bits per heavy atom. The molecule has 1 heterocycles. The Hall–Kier alpha value is -3.61. The zero-order valence-electron chi connectivity index (χ0n) is 17.5. The van der Waals surface area contributed by atoms with Gasteiger partial charge in [0, 0.05) is 19.7 Å². The van der Waals surface area contributed by atoms with Gasteiger partial charge in [-0.3, -0.25) is 4.79 Å². The van der Waals surface area contributed by atoms with E-state index in [1.807, 2.05) is 38.1 Å². The van der Waals surface area contributed by atoms with Crippen LogP contribution in [0.1, 0.15) is 23.6 Å². The smallest absolute Gasteiger partial charge is 0.363 e. The Labute approximate surface area is 175 Å². The summed E-state index contributed by atoms with van der Waals surface area (Å²) in [6, 6.07) is 12.8. The van der Waals surface area contributed by atoms with Crippen molar-refractivity contribution in [2.24, 2.45) is 4.99 Å². The van der Waals surface area contributed by atoms with Crippen molar-refractivity contribution in [3.63, 3.8) is 0 Å². The standard InChI is InChI=1S/C23H24N2O5/c1-5-28-20-13-16(9-10-19(20)29-14-21(26)25(3)4)12-18-23(27)30-22(24-18)17-8-6-7-15(2)11-17/h6-13H,5,14H2,1-4H3/b18-12-. The topological polar surface area (TPSA) is 77.4 Å². The molecule has 7 heteroatoms. The third-order valence-electron chi connectivity index (χ3n) is 4.31. The van der Waals surface area contributed by atoms with E-state index in [1.54, 1.807) is 38.4 Å². The first-order chi connectivity index (χ1) is 14.4. The van der Waals surface area contributed by atoms with Crippen LogP contribution >= 0.6 is 0 Å². The third-order valence-corrected chi connectivity index (χ3v) is 4.31. The number of nitrogens with zero attached hydrogens (tertiary/aromatic N) is 2. The van der Waals surface area contributed by atoms with E-state index in [0.717, 1.165) is 11.1 Å². The zero-order chi connectivity index (χ0) is 21.7. The predicted octanol–water partition coefficient (Wildman–Crippen LogP) is 3.21. The first-order valence-corrected chi connectivity index (χ1v) is 9.56. The highest BCUT2D eigenvalue weighted by molar-refractivity contribution is 6.12. The highest BCUT2D eigenvalue weighted by Crippen LogP contribution is 2.30. The van der Waals surface area contributed by atoms with Gasteiger partial charge in [0.2, 0.25) is 5.90 Å². The second kappa shape index (κ2) is 9.26. The molecular formula is C23H24N2O5. The van der Waals surface area contributed by atoms with Crippen molar-refractivity contribution in [2.45, 2.75) is 13.8 Å². The maximum Gasteiger partial charge on any atom is 0.363 e. The molecule has 0 saturated heterocycles. The fourth-order valence-electron chi connectivity index (χ4n) is 2.74. The summed E-state index contributed by atoms with van der Waals surface area (Å²) in [5, 5.41) is 0. The molecule has 0 atom stereocenters. The van der Waals surface area contributed by atoms with E-state index in [4.69, 9.17) is 14.2 Å². The van der Waals surface area contributed by atoms with E-state index in [9.17, 15) is 9.59 Å². The van der Waals surface area contributed by atoms with Crippen LogP contribution in [0.3, 0.4) is 0 Å². The quantitative estimate of drug-likeness (QED) is 0.519.